The van der Waals surface area contributed by atoms with Gasteiger partial charge in [0.15, 0.2) is 46.3 Å². The van der Waals surface area contributed by atoms with E-state index >= 15 is 0 Å². The Morgan fingerprint density at radius 3 is 2.52 bits per heavy atom. The molecule has 306 valence electrons. The molecular weight excluding hydrogens is 771 g/mol. The molecule has 2 saturated heterocycles. The van der Waals surface area contributed by atoms with Crippen molar-refractivity contribution < 1.29 is 58.1 Å². The third-order valence-corrected chi connectivity index (χ3v) is 14.4. The zero-order chi connectivity index (χ0) is 40.9. The fourth-order valence-corrected chi connectivity index (χ4v) is 12.3. The summed E-state index contributed by atoms with van der Waals surface area (Å²) in [7, 11) is 4.91. The molecule has 16 heteroatoms. The summed E-state index contributed by atoms with van der Waals surface area (Å²) in [6.45, 7) is 5.06. The van der Waals surface area contributed by atoms with E-state index < -0.39 is 52.9 Å². The highest BCUT2D eigenvalue weighted by Crippen LogP contribution is 2.65. The number of benzene rings is 3. The first-order valence-corrected chi connectivity index (χ1v) is 20.2. The quantitative estimate of drug-likeness (QED) is 0.0948. The number of nitrogens with one attached hydrogen (secondary N) is 1. The number of ether oxygens (including phenoxy) is 6. The van der Waals surface area contributed by atoms with Crippen LogP contribution in [0, 0.1) is 13.8 Å². The SMILES string of the molecule is COc1cc2c(cc1O)CCN[C@]21CS[C@@H]2c3c(OC(C)=O)c(C)c4c(c3[C@H](COC1=O)N1[C@@H]2[C@H]2c3c(cc(C)c(OC)c3O)C[C@@H]([C@@H]1C(C=O)=CO)N2C)OCO4. The van der Waals surface area contributed by atoms with Crippen molar-refractivity contribution in [2.24, 2.45) is 0 Å². The van der Waals surface area contributed by atoms with Gasteiger partial charge in [-0.25, -0.2) is 4.79 Å². The smallest absolute Gasteiger partial charge is 0.331 e. The molecule has 0 aliphatic carbocycles. The molecule has 0 saturated carbocycles. The van der Waals surface area contributed by atoms with Gasteiger partial charge >= 0.3 is 11.9 Å². The zero-order valence-electron chi connectivity index (χ0n) is 32.9. The number of rotatable bonds is 5. The lowest BCUT2D eigenvalue weighted by molar-refractivity contribution is -0.158. The maximum absolute atomic E-state index is 14.9. The number of carbonyl (C=O) groups excluding carboxylic acids is 3. The van der Waals surface area contributed by atoms with Crippen molar-refractivity contribution in [1.82, 2.24) is 15.1 Å². The second-order valence-electron chi connectivity index (χ2n) is 15.7. The number of methoxy groups -OCH3 is 2. The molecule has 2 fully saturated rings. The van der Waals surface area contributed by atoms with E-state index in [0.717, 1.165) is 23.0 Å². The standard InChI is InChI=1S/C42H45N3O12S/c1-18-9-22-10-25-32(23(13-46)14-47)45-26-15-54-41(51)42(24-12-28(52-5)27(49)11-21(24)7-8-43-42)16-58-40(34(45)33(44(25)4)29(22)35(50)36(18)53-6)31-30(26)39-38(55-17-56-39)19(2)37(31)57-20(3)48/h9,11-14,25-26,32-34,40,43,46,49-50H,7-8,10,15-17H2,1-6H3/t25-,26-,32-,33+,34+,40+,42+/m0/s1. The number of thioether (sulfide) groups is 1. The summed E-state index contributed by atoms with van der Waals surface area (Å²) in [5.41, 5.74) is 4.10. The molecule has 0 amide bonds. The van der Waals surface area contributed by atoms with Gasteiger partial charge in [0.1, 0.15) is 12.4 Å². The molecule has 1 spiro atoms. The van der Waals surface area contributed by atoms with Gasteiger partial charge in [-0.15, -0.1) is 11.8 Å². The van der Waals surface area contributed by atoms with E-state index in [2.05, 4.69) is 15.1 Å². The third-order valence-electron chi connectivity index (χ3n) is 12.9. The highest BCUT2D eigenvalue weighted by atomic mass is 32.2. The normalized spacial score (nSPS) is 28.4. The zero-order valence-corrected chi connectivity index (χ0v) is 33.7. The molecule has 0 radical (unpaired) electrons. The first kappa shape index (κ1) is 38.4. The predicted octanol–water partition coefficient (Wildman–Crippen LogP) is 4.10. The molecule has 4 bridgehead atoms. The molecule has 7 heterocycles. The van der Waals surface area contributed by atoms with Gasteiger partial charge in [0.05, 0.1) is 43.9 Å². The van der Waals surface area contributed by atoms with Gasteiger partial charge in [-0.05, 0) is 68.1 Å². The summed E-state index contributed by atoms with van der Waals surface area (Å²) in [6.07, 6.45) is 2.43. The number of aldehydes is 1. The molecule has 0 unspecified atom stereocenters. The van der Waals surface area contributed by atoms with Crippen molar-refractivity contribution >= 4 is 30.0 Å². The van der Waals surface area contributed by atoms with Crippen LogP contribution >= 0.6 is 11.8 Å². The Bertz CT molecular complexity index is 2320. The summed E-state index contributed by atoms with van der Waals surface area (Å²) in [5.74, 6) is 0.570. The summed E-state index contributed by atoms with van der Waals surface area (Å²) in [6, 6.07) is 2.10. The number of esters is 2. The van der Waals surface area contributed by atoms with Crippen LogP contribution in [0.15, 0.2) is 30.0 Å². The van der Waals surface area contributed by atoms with Crippen LogP contribution in [0.25, 0.3) is 0 Å². The molecule has 15 nitrogen and oxygen atoms in total. The van der Waals surface area contributed by atoms with Crippen LogP contribution in [0.4, 0.5) is 0 Å². The molecule has 7 atom stereocenters. The fourth-order valence-electron chi connectivity index (χ4n) is 10.6. The first-order chi connectivity index (χ1) is 27.9. The number of fused-ring (bicyclic) bond motifs is 9. The van der Waals surface area contributed by atoms with Gasteiger partial charge in [-0.3, -0.25) is 24.7 Å². The Hall–Kier alpha value is -5.16. The van der Waals surface area contributed by atoms with Crippen molar-refractivity contribution in [2.75, 3.05) is 47.0 Å². The summed E-state index contributed by atoms with van der Waals surface area (Å²) >= 11 is 1.44. The molecule has 3 aromatic carbocycles. The molecule has 10 rings (SSSR count). The number of piperazine rings is 1. The second kappa shape index (κ2) is 14.0. The van der Waals surface area contributed by atoms with Crippen molar-refractivity contribution in [3.63, 3.8) is 0 Å². The largest absolute Gasteiger partial charge is 0.515 e. The summed E-state index contributed by atoms with van der Waals surface area (Å²) < 4.78 is 36.2. The van der Waals surface area contributed by atoms with Gasteiger partial charge in [0.2, 0.25) is 6.79 Å². The van der Waals surface area contributed by atoms with Crippen LogP contribution < -0.4 is 29.0 Å². The van der Waals surface area contributed by atoms with E-state index in [0.29, 0.717) is 70.7 Å². The van der Waals surface area contributed by atoms with Gasteiger partial charge in [-0.1, -0.05) is 6.07 Å². The molecule has 7 aliphatic rings. The fraction of sp³-hybridized carbons (Fsp3) is 0.452. The number of aliphatic hydroxyl groups excluding tert-OH is 1. The Morgan fingerprint density at radius 1 is 1.03 bits per heavy atom. The van der Waals surface area contributed by atoms with Crippen LogP contribution in [0.3, 0.4) is 0 Å². The minimum Gasteiger partial charge on any atom is -0.515 e. The maximum Gasteiger partial charge on any atom is 0.331 e. The van der Waals surface area contributed by atoms with Crippen LogP contribution in [-0.4, -0.2) is 108 Å². The minimum atomic E-state index is -1.41. The monoisotopic (exact) mass is 815 g/mol. The number of phenolic OH excluding ortho intramolecular Hbond substituents is 2. The van der Waals surface area contributed by atoms with Gasteiger partial charge < -0.3 is 43.7 Å². The van der Waals surface area contributed by atoms with E-state index in [1.165, 1.54) is 32.9 Å². The lowest BCUT2D eigenvalue weighted by atomic mass is 9.70. The maximum atomic E-state index is 14.9. The second-order valence-corrected chi connectivity index (χ2v) is 16.8. The number of likely N-dealkylation sites (N-methyl/N-ethyl adjacent to an activating group) is 1. The van der Waals surface area contributed by atoms with E-state index in [9.17, 15) is 29.7 Å². The number of hydrogen-bond donors (Lipinski definition) is 4. The highest BCUT2D eigenvalue weighted by Gasteiger charge is 2.62. The highest BCUT2D eigenvalue weighted by molar-refractivity contribution is 7.99. The van der Waals surface area contributed by atoms with E-state index in [1.54, 1.807) is 19.1 Å². The van der Waals surface area contributed by atoms with Gasteiger partial charge in [-0.2, -0.15) is 0 Å². The lowest BCUT2D eigenvalue weighted by Gasteiger charge is -2.63. The van der Waals surface area contributed by atoms with E-state index in [1.807, 2.05) is 20.0 Å². The molecule has 4 N–H and O–H groups in total. The summed E-state index contributed by atoms with van der Waals surface area (Å²) in [5, 5.41) is 36.5. The van der Waals surface area contributed by atoms with Gasteiger partial charge in [0.25, 0.3) is 0 Å². The Labute approximate surface area is 338 Å². The van der Waals surface area contributed by atoms with Crippen molar-refractivity contribution in [3.05, 3.63) is 74.5 Å². The van der Waals surface area contributed by atoms with Gasteiger partial charge in [0, 0.05) is 59.1 Å². The number of carbonyl (C=O) groups is 3. The van der Waals surface area contributed by atoms with Crippen LogP contribution in [0.1, 0.15) is 68.8 Å². The van der Waals surface area contributed by atoms with E-state index in [-0.39, 0.29) is 47.7 Å². The van der Waals surface area contributed by atoms with Crippen molar-refractivity contribution in [3.8, 4) is 40.2 Å². The van der Waals surface area contributed by atoms with Crippen LogP contribution in [0.2, 0.25) is 0 Å². The van der Waals surface area contributed by atoms with Crippen molar-refractivity contribution in [1.29, 1.82) is 0 Å². The lowest BCUT2D eigenvalue weighted by Crippen LogP contribution is -2.70. The van der Waals surface area contributed by atoms with Crippen molar-refractivity contribution in [2.45, 2.75) is 74.6 Å². The Balaban J connectivity index is 1.36. The minimum absolute atomic E-state index is 0.00236. The average Bonchev–Trinajstić information content (AvgIpc) is 3.69. The van der Waals surface area contributed by atoms with E-state index in [4.69, 9.17) is 28.4 Å². The number of phenols is 2. The Kier molecular flexibility index (Phi) is 9.26. The topological polar surface area (TPSA) is 186 Å². The number of aromatic hydroxyl groups is 2. The molecule has 3 aromatic rings. The molecular formula is C42H45N3O12S. The average molecular weight is 816 g/mol. The van der Waals surface area contributed by atoms with Crippen LogP contribution in [0.5, 0.6) is 40.2 Å². The first-order valence-electron chi connectivity index (χ1n) is 19.2. The number of nitrogens with zero attached hydrogens (tertiary/aromatic N) is 2. The summed E-state index contributed by atoms with van der Waals surface area (Å²) in [4.78, 5) is 45.2. The van der Waals surface area contributed by atoms with Crippen LogP contribution in [-0.2, 0) is 37.5 Å². The number of aliphatic hydroxyl groups is 1. The number of hydrogen-bond acceptors (Lipinski definition) is 16. The Morgan fingerprint density at radius 2 is 1.81 bits per heavy atom. The molecule has 7 aliphatic heterocycles. The third kappa shape index (κ3) is 5.27. The predicted molar refractivity (Wildman–Crippen MR) is 209 cm³/mol. The molecule has 0 aromatic heterocycles. The molecule has 58 heavy (non-hydrogen) atoms. The number of aryl methyl sites for hydroxylation is 1.